The van der Waals surface area contributed by atoms with Gasteiger partial charge in [0.25, 0.3) is 0 Å². The van der Waals surface area contributed by atoms with Crippen molar-refractivity contribution in [3.63, 3.8) is 0 Å². The van der Waals surface area contributed by atoms with Gasteiger partial charge in [-0.05, 0) is 55.2 Å². The molecule has 3 unspecified atom stereocenters. The largest absolute Gasteiger partial charge is 0.461 e. The predicted molar refractivity (Wildman–Crippen MR) is 217 cm³/mol. The number of nitrogens with zero attached hydrogens (tertiary/aromatic N) is 9. The van der Waals surface area contributed by atoms with Crippen molar-refractivity contribution >= 4 is 17.9 Å². The van der Waals surface area contributed by atoms with Gasteiger partial charge in [-0.3, -0.25) is 0 Å². The Morgan fingerprint density at radius 1 is 0.469 bits per heavy atom. The lowest BCUT2D eigenvalue weighted by Gasteiger charge is -2.30. The molecule has 0 radical (unpaired) electrons. The van der Waals surface area contributed by atoms with E-state index in [9.17, 15) is 46.0 Å². The van der Waals surface area contributed by atoms with Gasteiger partial charge in [0.05, 0.1) is 22.6 Å². The standard InChI is InChI=1S/C46H46F3N9O6/c47-29-13-32(35(19-50)41(16-29)56-7-1-2-8-56)38(22-53)44(59)62-25-28(26-63-45(60)39(23-54)33-14-30(48)17-42(36(33)20-51)57-9-3-4-10-57)27-64-46(61)40(24-55)34-15-31(49)18-43(37(34)21-52)58-11-5-6-12-58/h28-31H,1-18,25-27H2/b38-32+,39-33+,40-34+. The molecule has 64 heavy (non-hydrogen) atoms. The number of nitriles is 6. The molecule has 3 saturated heterocycles. The Hall–Kier alpha value is -7.02. The van der Waals surface area contributed by atoms with E-state index in [4.69, 9.17) is 14.2 Å². The van der Waals surface area contributed by atoms with Crippen LogP contribution in [0.5, 0.6) is 0 Å². The molecule has 3 aliphatic carbocycles. The lowest BCUT2D eigenvalue weighted by atomic mass is 9.86. The Labute approximate surface area is 369 Å². The number of halogens is 3. The van der Waals surface area contributed by atoms with Gasteiger partial charge in [0, 0.05) is 94.9 Å². The summed E-state index contributed by atoms with van der Waals surface area (Å²) < 4.78 is 61.9. The van der Waals surface area contributed by atoms with Crippen LogP contribution in [-0.2, 0) is 28.6 Å². The molecule has 6 rings (SSSR count). The van der Waals surface area contributed by atoms with Gasteiger partial charge in [-0.2, -0.15) is 31.6 Å². The lowest BCUT2D eigenvalue weighted by molar-refractivity contribution is -0.148. The normalized spacial score (nSPS) is 25.3. The van der Waals surface area contributed by atoms with Crippen molar-refractivity contribution in [3.8, 4) is 36.4 Å². The first-order valence-corrected chi connectivity index (χ1v) is 21.5. The average molecular weight is 878 g/mol. The third-order valence-corrected chi connectivity index (χ3v) is 12.3. The monoisotopic (exact) mass is 877 g/mol. The van der Waals surface area contributed by atoms with Gasteiger partial charge in [0.2, 0.25) is 0 Å². The van der Waals surface area contributed by atoms with Gasteiger partial charge in [0.1, 0.15) is 91.5 Å². The van der Waals surface area contributed by atoms with Crippen molar-refractivity contribution in [1.29, 1.82) is 31.6 Å². The molecule has 6 aliphatic rings. The Morgan fingerprint density at radius 2 is 0.719 bits per heavy atom. The molecule has 0 bridgehead atoms. The van der Waals surface area contributed by atoms with Crippen LogP contribution >= 0.6 is 0 Å². The van der Waals surface area contributed by atoms with E-state index in [2.05, 4.69) is 0 Å². The maximum absolute atomic E-state index is 15.2. The molecular weight excluding hydrogens is 832 g/mol. The fraction of sp³-hybridized carbons (Fsp3) is 0.543. The summed E-state index contributed by atoms with van der Waals surface area (Å²) in [6.45, 7) is 1.24. The third kappa shape index (κ3) is 10.3. The number of allylic oxidation sites excluding steroid dienone is 9. The number of hydrogen-bond acceptors (Lipinski definition) is 15. The molecule has 0 amide bonds. The van der Waals surface area contributed by atoms with E-state index in [-0.39, 0.29) is 52.7 Å². The molecule has 0 aromatic carbocycles. The van der Waals surface area contributed by atoms with E-state index in [0.29, 0.717) is 56.4 Å². The van der Waals surface area contributed by atoms with Gasteiger partial charge in [-0.25, -0.2) is 27.6 Å². The number of carbonyl (C=O) groups excluding carboxylic acids is 3. The maximum Gasteiger partial charge on any atom is 0.349 e. The molecule has 3 fully saturated rings. The number of ether oxygens (including phenoxy) is 3. The fourth-order valence-electron chi connectivity index (χ4n) is 9.20. The Kier molecular flexibility index (Phi) is 15.5. The van der Waals surface area contributed by atoms with Crippen LogP contribution in [-0.4, -0.2) is 110 Å². The van der Waals surface area contributed by atoms with Crippen LogP contribution in [0, 0.1) is 73.9 Å². The second-order valence-corrected chi connectivity index (χ2v) is 16.5. The van der Waals surface area contributed by atoms with E-state index in [1.807, 2.05) is 32.9 Å². The number of alkyl halides is 3. The first-order chi connectivity index (χ1) is 31.0. The number of hydrogen-bond donors (Lipinski definition) is 0. The van der Waals surface area contributed by atoms with Crippen molar-refractivity contribution in [2.24, 2.45) is 5.92 Å². The second kappa shape index (κ2) is 21.4. The van der Waals surface area contributed by atoms with Gasteiger partial charge in [-0.1, -0.05) is 0 Å². The van der Waals surface area contributed by atoms with Crippen molar-refractivity contribution in [3.05, 3.63) is 67.2 Å². The maximum atomic E-state index is 15.2. The molecule has 0 aromatic heterocycles. The van der Waals surface area contributed by atoms with Gasteiger partial charge in [-0.15, -0.1) is 0 Å². The van der Waals surface area contributed by atoms with Crippen molar-refractivity contribution in [1.82, 2.24) is 14.7 Å². The zero-order valence-electron chi connectivity index (χ0n) is 35.3. The molecule has 0 aromatic rings. The van der Waals surface area contributed by atoms with Crippen molar-refractivity contribution < 1.29 is 41.8 Å². The molecule has 15 nitrogen and oxygen atoms in total. The van der Waals surface area contributed by atoms with Crippen LogP contribution < -0.4 is 0 Å². The van der Waals surface area contributed by atoms with Crippen LogP contribution in [0.4, 0.5) is 13.2 Å². The third-order valence-electron chi connectivity index (χ3n) is 12.3. The predicted octanol–water partition coefficient (Wildman–Crippen LogP) is 5.71. The van der Waals surface area contributed by atoms with Crippen LogP contribution in [0.15, 0.2) is 67.2 Å². The first kappa shape index (κ1) is 46.5. The van der Waals surface area contributed by atoms with Gasteiger partial charge >= 0.3 is 17.9 Å². The smallest absolute Gasteiger partial charge is 0.349 e. The summed E-state index contributed by atoms with van der Waals surface area (Å²) in [5.74, 6) is -5.05. The fourth-order valence-corrected chi connectivity index (χ4v) is 9.20. The van der Waals surface area contributed by atoms with Gasteiger partial charge < -0.3 is 28.9 Å². The highest BCUT2D eigenvalue weighted by molar-refractivity contribution is 5.96. The molecule has 3 heterocycles. The Bertz CT molecular complexity index is 2120. The summed E-state index contributed by atoms with van der Waals surface area (Å²) in [6, 6.07) is 11.3. The Balaban J connectivity index is 1.28. The summed E-state index contributed by atoms with van der Waals surface area (Å²) in [7, 11) is 0. The highest BCUT2D eigenvalue weighted by atomic mass is 19.1. The zero-order chi connectivity index (χ0) is 45.9. The van der Waals surface area contributed by atoms with E-state index < -0.39 is 98.1 Å². The summed E-state index contributed by atoms with van der Waals surface area (Å²) in [5.41, 5.74) is -1.20. The van der Waals surface area contributed by atoms with Crippen LogP contribution in [0.1, 0.15) is 77.0 Å². The second-order valence-electron chi connectivity index (χ2n) is 16.5. The first-order valence-electron chi connectivity index (χ1n) is 21.5. The average Bonchev–Trinajstić information content (AvgIpc) is 4.12. The summed E-state index contributed by atoms with van der Waals surface area (Å²) >= 11 is 0. The Morgan fingerprint density at radius 3 is 0.938 bits per heavy atom. The topological polar surface area (TPSA) is 231 Å². The minimum absolute atomic E-state index is 0.00772. The number of likely N-dealkylation sites (tertiary alicyclic amines) is 3. The molecule has 3 atom stereocenters. The van der Waals surface area contributed by atoms with Crippen molar-refractivity contribution in [2.45, 2.75) is 95.6 Å². The van der Waals surface area contributed by atoms with E-state index in [0.717, 1.165) is 38.5 Å². The zero-order valence-corrected chi connectivity index (χ0v) is 35.3. The minimum Gasteiger partial charge on any atom is -0.461 e. The highest BCUT2D eigenvalue weighted by Crippen LogP contribution is 2.39. The van der Waals surface area contributed by atoms with E-state index >= 15 is 13.2 Å². The SMILES string of the molecule is N#CC1=C(N2CCCC2)CC(F)C/C1=C(/C#N)C(=O)OCC(COC(=O)/C(C#N)=C1\CC(F)CC(N2CCCC2)=C1C#N)COC(=O)/C(C#N)=C1\CC(F)CC(N2CCCC2)=C1C#N. The summed E-state index contributed by atoms with van der Waals surface area (Å²) in [6.07, 6.45) is -1.05. The summed E-state index contributed by atoms with van der Waals surface area (Å²) in [5, 5.41) is 60.8. The lowest BCUT2D eigenvalue weighted by Crippen LogP contribution is -2.30. The number of esters is 3. The molecule has 3 aliphatic heterocycles. The number of carbonyl (C=O) groups is 3. The number of rotatable bonds is 12. The molecule has 0 N–H and O–H groups in total. The van der Waals surface area contributed by atoms with E-state index in [1.165, 1.54) is 0 Å². The summed E-state index contributed by atoms with van der Waals surface area (Å²) in [4.78, 5) is 46.4. The van der Waals surface area contributed by atoms with Crippen LogP contribution in [0.3, 0.4) is 0 Å². The molecule has 0 saturated carbocycles. The van der Waals surface area contributed by atoms with Crippen molar-refractivity contribution in [2.75, 3.05) is 59.1 Å². The minimum atomic E-state index is -1.50. The van der Waals surface area contributed by atoms with E-state index in [1.54, 1.807) is 18.2 Å². The van der Waals surface area contributed by atoms with Gasteiger partial charge in [0.15, 0.2) is 0 Å². The molecule has 332 valence electrons. The molecule has 18 heteroatoms. The highest BCUT2D eigenvalue weighted by Gasteiger charge is 2.37. The molecule has 0 spiro atoms. The van der Waals surface area contributed by atoms with Crippen LogP contribution in [0.25, 0.3) is 0 Å². The quantitative estimate of drug-likeness (QED) is 0.0989. The molecular formula is C46H46F3N9O6. The van der Waals surface area contributed by atoms with Crippen LogP contribution in [0.2, 0.25) is 0 Å².